The maximum atomic E-state index is 13.1. The molecule has 1 aliphatic carbocycles. The van der Waals surface area contributed by atoms with E-state index in [0.29, 0.717) is 18.5 Å². The molecule has 0 bridgehead atoms. The summed E-state index contributed by atoms with van der Waals surface area (Å²) in [5, 5.41) is 20.6. The van der Waals surface area contributed by atoms with Crippen molar-refractivity contribution in [2.24, 2.45) is 0 Å². The molecule has 2 atom stereocenters. The van der Waals surface area contributed by atoms with E-state index in [9.17, 15) is 9.90 Å². The van der Waals surface area contributed by atoms with Crippen LogP contribution >= 0.6 is 0 Å². The van der Waals surface area contributed by atoms with Crippen LogP contribution in [-0.2, 0) is 6.42 Å². The fraction of sp³-hybridized carbons (Fsp3) is 0.179. The van der Waals surface area contributed by atoms with E-state index in [1.165, 1.54) is 10.7 Å². The number of pyridine rings is 1. The van der Waals surface area contributed by atoms with Gasteiger partial charge in [-0.05, 0) is 54.3 Å². The topological polar surface area (TPSA) is 81.7 Å². The number of aliphatic hydroxyl groups is 1. The van der Waals surface area contributed by atoms with Gasteiger partial charge in [0.2, 0.25) is 0 Å². The Kier molecular flexibility index (Phi) is 5.19. The third kappa shape index (κ3) is 3.61. The summed E-state index contributed by atoms with van der Waals surface area (Å²) < 4.78 is 8.63. The van der Waals surface area contributed by atoms with Crippen LogP contribution in [0.5, 0.6) is 5.75 Å². The van der Waals surface area contributed by atoms with Crippen LogP contribution < -0.4 is 10.3 Å². The predicted molar refractivity (Wildman–Crippen MR) is 134 cm³/mol. The van der Waals surface area contributed by atoms with Crippen molar-refractivity contribution in [2.75, 3.05) is 7.11 Å². The Balaban J connectivity index is 1.56. The summed E-state index contributed by atoms with van der Waals surface area (Å²) in [7, 11) is 1.63. The molecule has 2 aromatic carbocycles. The Morgan fingerprint density at radius 2 is 1.80 bits per heavy atom. The number of methoxy groups -OCH3 is 1. The Morgan fingerprint density at radius 1 is 0.971 bits per heavy atom. The fourth-order valence-corrected chi connectivity index (χ4v) is 4.98. The Morgan fingerprint density at radius 3 is 2.63 bits per heavy atom. The number of nitrogens with zero attached hydrogens (tertiary/aromatic N) is 4. The van der Waals surface area contributed by atoms with E-state index in [-0.39, 0.29) is 5.56 Å². The molecule has 0 saturated heterocycles. The predicted octanol–water partition coefficient (Wildman–Crippen LogP) is 4.13. The smallest absolute Gasteiger partial charge is 0.267 e. The van der Waals surface area contributed by atoms with Gasteiger partial charge in [0.15, 0.2) is 0 Å². The van der Waals surface area contributed by atoms with E-state index in [1.54, 1.807) is 13.2 Å². The maximum Gasteiger partial charge on any atom is 0.267 e. The van der Waals surface area contributed by atoms with Gasteiger partial charge in [0.05, 0.1) is 30.0 Å². The Hall–Kier alpha value is -4.23. The molecule has 0 amide bonds. The minimum Gasteiger partial charge on any atom is -0.497 e. The number of ether oxygens (including phenoxy) is 1. The van der Waals surface area contributed by atoms with E-state index >= 15 is 0 Å². The third-order valence-electron chi connectivity index (χ3n) is 6.67. The van der Waals surface area contributed by atoms with Crippen molar-refractivity contribution in [3.63, 3.8) is 0 Å². The molecular weight excluding hydrogens is 440 g/mol. The molecule has 3 aromatic heterocycles. The highest BCUT2D eigenvalue weighted by atomic mass is 16.5. The van der Waals surface area contributed by atoms with Crippen molar-refractivity contribution in [3.8, 4) is 28.3 Å². The minimum absolute atomic E-state index is 0.265. The zero-order chi connectivity index (χ0) is 23.9. The quantitative estimate of drug-likeness (QED) is 0.433. The SMILES string of the molecule is COc1ccc2c(c1)CC[C@H](O)[C@H]2n1nc(-c2c(-c3ccccc3)nn3ccccc23)ccc1=O. The van der Waals surface area contributed by atoms with Crippen LogP contribution in [0.4, 0.5) is 0 Å². The average Bonchev–Trinajstić information content (AvgIpc) is 3.29. The van der Waals surface area contributed by atoms with Crippen LogP contribution in [-0.4, -0.2) is 37.7 Å². The highest BCUT2D eigenvalue weighted by Gasteiger charge is 2.32. The van der Waals surface area contributed by atoms with Gasteiger partial charge in [0, 0.05) is 17.8 Å². The molecule has 7 nitrogen and oxygen atoms in total. The molecule has 0 aliphatic heterocycles. The molecule has 7 heteroatoms. The normalized spacial score (nSPS) is 17.3. The number of hydrogen-bond acceptors (Lipinski definition) is 5. The van der Waals surface area contributed by atoms with E-state index in [2.05, 4.69) is 0 Å². The summed E-state index contributed by atoms with van der Waals surface area (Å²) in [6.45, 7) is 0. The largest absolute Gasteiger partial charge is 0.497 e. The molecule has 0 saturated carbocycles. The van der Waals surface area contributed by atoms with Crippen LogP contribution in [0.1, 0.15) is 23.6 Å². The lowest BCUT2D eigenvalue weighted by atomic mass is 9.85. The van der Waals surface area contributed by atoms with Crippen molar-refractivity contribution >= 4 is 5.52 Å². The van der Waals surface area contributed by atoms with Crippen molar-refractivity contribution in [2.45, 2.75) is 25.0 Å². The van der Waals surface area contributed by atoms with E-state index in [4.69, 9.17) is 14.9 Å². The first kappa shape index (κ1) is 21.3. The second-order valence-corrected chi connectivity index (χ2v) is 8.74. The summed E-state index contributed by atoms with van der Waals surface area (Å²) in [5.74, 6) is 0.756. The molecule has 3 heterocycles. The van der Waals surface area contributed by atoms with Crippen molar-refractivity contribution in [1.82, 2.24) is 19.4 Å². The summed E-state index contributed by atoms with van der Waals surface area (Å²) in [4.78, 5) is 13.1. The second kappa shape index (κ2) is 8.52. The lowest BCUT2D eigenvalue weighted by Crippen LogP contribution is -2.38. The molecule has 174 valence electrons. The molecule has 0 fully saturated rings. The first-order valence-corrected chi connectivity index (χ1v) is 11.6. The number of aliphatic hydroxyl groups excluding tert-OH is 1. The van der Waals surface area contributed by atoms with E-state index in [0.717, 1.165) is 39.2 Å². The summed E-state index contributed by atoms with van der Waals surface area (Å²) in [6.07, 6.45) is 2.42. The number of hydrogen-bond donors (Lipinski definition) is 1. The zero-order valence-corrected chi connectivity index (χ0v) is 19.2. The molecule has 0 spiro atoms. The van der Waals surface area contributed by atoms with Crippen LogP contribution in [0, 0.1) is 0 Å². The molecule has 6 rings (SSSR count). The number of fused-ring (bicyclic) bond motifs is 2. The standard InChI is InChI=1S/C28H24N4O3/c1-35-20-11-12-21-19(17-20)10-14-24(33)28(21)32-25(34)15-13-22(29-32)26-23-9-5-6-16-31(23)30-27(26)18-7-3-2-4-8-18/h2-9,11-13,15-17,24,28,33H,10,14H2,1H3/t24-,28-/m0/s1. The molecule has 0 radical (unpaired) electrons. The number of aryl methyl sites for hydroxylation is 1. The Labute approximate surface area is 201 Å². The van der Waals surface area contributed by atoms with Gasteiger partial charge in [-0.3, -0.25) is 4.79 Å². The van der Waals surface area contributed by atoms with Crippen LogP contribution in [0.25, 0.3) is 28.0 Å². The summed E-state index contributed by atoms with van der Waals surface area (Å²) in [6, 6.07) is 24.2. The van der Waals surface area contributed by atoms with Gasteiger partial charge in [0.25, 0.3) is 5.56 Å². The molecule has 1 aliphatic rings. The number of rotatable bonds is 4. The number of aromatic nitrogens is 4. The monoisotopic (exact) mass is 464 g/mol. The van der Waals surface area contributed by atoms with Gasteiger partial charge >= 0.3 is 0 Å². The van der Waals surface area contributed by atoms with Crippen LogP contribution in [0.15, 0.2) is 89.9 Å². The van der Waals surface area contributed by atoms with Crippen molar-refractivity contribution < 1.29 is 9.84 Å². The van der Waals surface area contributed by atoms with Crippen molar-refractivity contribution in [1.29, 1.82) is 0 Å². The number of benzene rings is 2. The molecule has 5 aromatic rings. The van der Waals surface area contributed by atoms with Gasteiger partial charge in [-0.1, -0.05) is 42.5 Å². The zero-order valence-electron chi connectivity index (χ0n) is 19.2. The summed E-state index contributed by atoms with van der Waals surface area (Å²) in [5.41, 5.74) is 5.77. The van der Waals surface area contributed by atoms with Crippen LogP contribution in [0.3, 0.4) is 0 Å². The minimum atomic E-state index is -0.728. The average molecular weight is 465 g/mol. The lowest BCUT2D eigenvalue weighted by molar-refractivity contribution is 0.105. The van der Waals surface area contributed by atoms with E-state index in [1.807, 2.05) is 77.4 Å². The Bertz CT molecular complexity index is 1590. The van der Waals surface area contributed by atoms with Gasteiger partial charge in [-0.25, -0.2) is 9.20 Å². The second-order valence-electron chi connectivity index (χ2n) is 8.74. The van der Waals surface area contributed by atoms with Gasteiger partial charge < -0.3 is 9.84 Å². The maximum absolute atomic E-state index is 13.1. The first-order chi connectivity index (χ1) is 17.1. The van der Waals surface area contributed by atoms with Gasteiger partial charge in [-0.2, -0.15) is 10.2 Å². The molecule has 1 N–H and O–H groups in total. The lowest BCUT2D eigenvalue weighted by Gasteiger charge is -2.31. The molecule has 35 heavy (non-hydrogen) atoms. The van der Waals surface area contributed by atoms with Gasteiger partial charge in [-0.15, -0.1) is 0 Å². The molecular formula is C28H24N4O3. The van der Waals surface area contributed by atoms with Gasteiger partial charge in [0.1, 0.15) is 17.5 Å². The molecule has 0 unspecified atom stereocenters. The van der Waals surface area contributed by atoms with E-state index < -0.39 is 12.1 Å². The third-order valence-corrected chi connectivity index (χ3v) is 6.67. The van der Waals surface area contributed by atoms with Crippen molar-refractivity contribution in [3.05, 3.63) is 107 Å². The van der Waals surface area contributed by atoms with Crippen LogP contribution in [0.2, 0.25) is 0 Å². The first-order valence-electron chi connectivity index (χ1n) is 11.6. The highest BCUT2D eigenvalue weighted by Crippen LogP contribution is 2.36. The summed E-state index contributed by atoms with van der Waals surface area (Å²) >= 11 is 0. The fourth-order valence-electron chi connectivity index (χ4n) is 4.98. The highest BCUT2D eigenvalue weighted by molar-refractivity contribution is 5.90.